The van der Waals surface area contributed by atoms with Crippen LogP contribution in [0.25, 0.3) is 11.5 Å². The van der Waals surface area contributed by atoms with Gasteiger partial charge in [0.2, 0.25) is 5.76 Å². The summed E-state index contributed by atoms with van der Waals surface area (Å²) in [6.45, 7) is -0.0866. The van der Waals surface area contributed by atoms with Crippen molar-refractivity contribution in [1.29, 1.82) is 0 Å². The molecule has 3 aromatic rings. The zero-order chi connectivity index (χ0) is 14.9. The average molecular weight is 318 g/mol. The van der Waals surface area contributed by atoms with E-state index in [9.17, 15) is 5.11 Å². The number of aliphatic hydroxyl groups excluding tert-OH is 1. The van der Waals surface area contributed by atoms with Crippen molar-refractivity contribution in [3.05, 3.63) is 36.0 Å². The maximum atomic E-state index is 9.33. The summed E-state index contributed by atoms with van der Waals surface area (Å²) in [5, 5.41) is 22.4. The molecule has 0 atom stereocenters. The fourth-order valence-corrected chi connectivity index (χ4v) is 3.17. The highest BCUT2D eigenvalue weighted by Gasteiger charge is 2.29. The van der Waals surface area contributed by atoms with Crippen LogP contribution in [-0.4, -0.2) is 25.0 Å². The van der Waals surface area contributed by atoms with Crippen LogP contribution in [0.4, 0.5) is 0 Å². The zero-order valence-electron chi connectivity index (χ0n) is 11.7. The fraction of sp³-hybridized carbons (Fsp3) is 0.357. The van der Waals surface area contributed by atoms with Gasteiger partial charge in [-0.3, -0.25) is 0 Å². The summed E-state index contributed by atoms with van der Waals surface area (Å²) in [4.78, 5) is 0. The van der Waals surface area contributed by atoms with E-state index in [4.69, 9.17) is 8.94 Å². The first-order valence-corrected chi connectivity index (χ1v) is 8.00. The molecule has 0 aliphatic heterocycles. The van der Waals surface area contributed by atoms with Crippen LogP contribution >= 0.6 is 11.8 Å². The van der Waals surface area contributed by atoms with Crippen LogP contribution < -0.4 is 0 Å². The van der Waals surface area contributed by atoms with E-state index in [1.807, 2.05) is 16.7 Å². The molecule has 0 radical (unpaired) electrons. The maximum absolute atomic E-state index is 9.33. The molecule has 0 amide bonds. The molecule has 0 spiro atoms. The lowest BCUT2D eigenvalue weighted by molar-refractivity contribution is 0.263. The third kappa shape index (κ3) is 2.55. The van der Waals surface area contributed by atoms with Gasteiger partial charge in [-0.05, 0) is 25.0 Å². The smallest absolute Gasteiger partial charge is 0.202 e. The number of hydrogen-bond donors (Lipinski definition) is 1. The molecule has 0 unspecified atom stereocenters. The van der Waals surface area contributed by atoms with Crippen molar-refractivity contribution < 1.29 is 14.0 Å². The normalized spacial score (nSPS) is 14.6. The summed E-state index contributed by atoms with van der Waals surface area (Å²) in [7, 11) is 0. The summed E-state index contributed by atoms with van der Waals surface area (Å²) in [6, 6.07) is 5.92. The van der Waals surface area contributed by atoms with Gasteiger partial charge in [-0.25, -0.2) is 0 Å². The Morgan fingerprint density at radius 2 is 2.23 bits per heavy atom. The van der Waals surface area contributed by atoms with Gasteiger partial charge in [0.25, 0.3) is 0 Å². The summed E-state index contributed by atoms with van der Waals surface area (Å²) in [5.74, 6) is 2.52. The van der Waals surface area contributed by atoms with Gasteiger partial charge in [-0.1, -0.05) is 16.9 Å². The van der Waals surface area contributed by atoms with E-state index in [-0.39, 0.29) is 6.61 Å². The summed E-state index contributed by atoms with van der Waals surface area (Å²) < 4.78 is 12.6. The highest BCUT2D eigenvalue weighted by atomic mass is 32.2. The number of hydrogen-bond acceptors (Lipinski definition) is 7. The number of aliphatic hydroxyl groups is 1. The first-order valence-electron chi connectivity index (χ1n) is 7.02. The molecule has 0 bridgehead atoms. The van der Waals surface area contributed by atoms with Gasteiger partial charge in [-0.2, -0.15) is 0 Å². The molecule has 3 aromatic heterocycles. The lowest BCUT2D eigenvalue weighted by atomic mass is 10.3. The van der Waals surface area contributed by atoms with E-state index in [1.165, 1.54) is 0 Å². The number of aromatic nitrogens is 4. The van der Waals surface area contributed by atoms with Crippen LogP contribution in [0.15, 0.2) is 38.6 Å². The molecular weight excluding hydrogens is 304 g/mol. The van der Waals surface area contributed by atoms with E-state index in [0.717, 1.165) is 23.7 Å². The maximum Gasteiger partial charge on any atom is 0.202 e. The van der Waals surface area contributed by atoms with Crippen molar-refractivity contribution in [2.45, 2.75) is 36.4 Å². The SMILES string of the molecule is OCc1nnc(SCc2cc(-c3ccco3)on2)n1C1CC1. The molecule has 0 aromatic carbocycles. The third-order valence-electron chi connectivity index (χ3n) is 3.46. The van der Waals surface area contributed by atoms with E-state index in [2.05, 4.69) is 15.4 Å². The second-order valence-corrected chi connectivity index (χ2v) is 6.05. The molecule has 7 nitrogen and oxygen atoms in total. The Morgan fingerprint density at radius 1 is 1.32 bits per heavy atom. The summed E-state index contributed by atoms with van der Waals surface area (Å²) >= 11 is 1.54. The van der Waals surface area contributed by atoms with E-state index in [0.29, 0.717) is 29.1 Å². The predicted molar refractivity (Wildman–Crippen MR) is 78.0 cm³/mol. The van der Waals surface area contributed by atoms with Gasteiger partial charge in [0.15, 0.2) is 16.7 Å². The zero-order valence-corrected chi connectivity index (χ0v) is 12.5. The Hall–Kier alpha value is -2.06. The molecule has 1 N–H and O–H groups in total. The first kappa shape index (κ1) is 13.6. The van der Waals surface area contributed by atoms with Crippen LogP contribution in [0.1, 0.15) is 30.4 Å². The van der Waals surface area contributed by atoms with Gasteiger partial charge in [-0.15, -0.1) is 10.2 Å². The van der Waals surface area contributed by atoms with Crippen molar-refractivity contribution >= 4 is 11.8 Å². The second kappa shape index (κ2) is 5.62. The predicted octanol–water partition coefficient (Wildman–Crippen LogP) is 2.65. The topological polar surface area (TPSA) is 90.1 Å². The Bertz CT molecular complexity index is 761. The van der Waals surface area contributed by atoms with Crippen molar-refractivity contribution in [3.63, 3.8) is 0 Å². The van der Waals surface area contributed by atoms with Gasteiger partial charge < -0.3 is 18.6 Å². The number of thioether (sulfide) groups is 1. The molecular formula is C14H14N4O3S. The van der Waals surface area contributed by atoms with Crippen molar-refractivity contribution in [1.82, 2.24) is 19.9 Å². The molecule has 22 heavy (non-hydrogen) atoms. The molecule has 1 aliphatic carbocycles. The molecule has 1 saturated carbocycles. The van der Waals surface area contributed by atoms with Crippen molar-refractivity contribution in [2.24, 2.45) is 0 Å². The van der Waals surface area contributed by atoms with E-state index in [1.54, 1.807) is 24.1 Å². The molecule has 1 aliphatic rings. The Morgan fingerprint density at radius 3 is 2.95 bits per heavy atom. The first-order chi connectivity index (χ1) is 10.8. The molecule has 0 saturated heterocycles. The van der Waals surface area contributed by atoms with Gasteiger partial charge >= 0.3 is 0 Å². The standard InChI is InChI=1S/C14H14N4O3S/c19-7-13-15-16-14(18(13)10-3-4-10)22-8-9-6-12(21-17-9)11-2-1-5-20-11/h1-2,5-6,10,19H,3-4,7-8H2. The minimum atomic E-state index is -0.0866. The minimum absolute atomic E-state index is 0.0866. The molecule has 3 heterocycles. The van der Waals surface area contributed by atoms with Crippen LogP contribution in [0, 0.1) is 0 Å². The number of nitrogens with zero attached hydrogens (tertiary/aromatic N) is 4. The van der Waals surface area contributed by atoms with Gasteiger partial charge in [0.1, 0.15) is 6.61 Å². The summed E-state index contributed by atoms with van der Waals surface area (Å²) in [6.07, 6.45) is 3.83. The average Bonchev–Trinajstić information content (AvgIpc) is 3.01. The van der Waals surface area contributed by atoms with Crippen molar-refractivity contribution in [2.75, 3.05) is 0 Å². The number of furan rings is 1. The second-order valence-electron chi connectivity index (χ2n) is 5.11. The van der Waals surface area contributed by atoms with Gasteiger partial charge in [0.05, 0.1) is 12.0 Å². The van der Waals surface area contributed by atoms with Crippen LogP contribution in [0.2, 0.25) is 0 Å². The largest absolute Gasteiger partial charge is 0.461 e. The highest BCUT2D eigenvalue weighted by Crippen LogP contribution is 2.39. The molecule has 1 fully saturated rings. The Balaban J connectivity index is 1.48. The molecule has 4 rings (SSSR count). The van der Waals surface area contributed by atoms with Crippen molar-refractivity contribution in [3.8, 4) is 11.5 Å². The van der Waals surface area contributed by atoms with Gasteiger partial charge in [0, 0.05) is 17.9 Å². The lowest BCUT2D eigenvalue weighted by Crippen LogP contribution is -2.02. The lowest BCUT2D eigenvalue weighted by Gasteiger charge is -2.05. The monoisotopic (exact) mass is 318 g/mol. The summed E-state index contributed by atoms with van der Waals surface area (Å²) in [5.41, 5.74) is 0.812. The fourth-order valence-electron chi connectivity index (χ4n) is 2.27. The number of rotatable bonds is 6. The van der Waals surface area contributed by atoms with Crippen LogP contribution in [0.5, 0.6) is 0 Å². The highest BCUT2D eigenvalue weighted by molar-refractivity contribution is 7.98. The molecule has 114 valence electrons. The Labute approximate surface area is 130 Å². The quantitative estimate of drug-likeness (QED) is 0.699. The Kier molecular flexibility index (Phi) is 3.47. The minimum Gasteiger partial charge on any atom is -0.461 e. The third-order valence-corrected chi connectivity index (χ3v) is 4.44. The van der Waals surface area contributed by atoms with E-state index >= 15 is 0 Å². The van der Waals surface area contributed by atoms with Crippen LogP contribution in [-0.2, 0) is 12.4 Å². The van der Waals surface area contributed by atoms with E-state index < -0.39 is 0 Å². The molecule has 8 heteroatoms. The van der Waals surface area contributed by atoms with Crippen LogP contribution in [0.3, 0.4) is 0 Å².